The first-order chi connectivity index (χ1) is 8.52. The summed E-state index contributed by atoms with van der Waals surface area (Å²) in [5.41, 5.74) is 6.78. The van der Waals surface area contributed by atoms with Gasteiger partial charge in [0, 0.05) is 15.8 Å². The third-order valence-corrected chi connectivity index (χ3v) is 4.52. The summed E-state index contributed by atoms with van der Waals surface area (Å²) in [7, 11) is 0. The van der Waals surface area contributed by atoms with Gasteiger partial charge in [-0.15, -0.1) is 11.3 Å². The number of hydrogen-bond acceptors (Lipinski definition) is 2. The predicted octanol–water partition coefficient (Wildman–Crippen LogP) is 5.27. The Morgan fingerprint density at radius 2 is 1.89 bits per heavy atom. The maximum atomic E-state index is 13.3. The second-order valence-corrected chi connectivity index (χ2v) is 5.90. The summed E-state index contributed by atoms with van der Waals surface area (Å²) in [6.07, 6.45) is 0.880. The molecule has 1 nitrogen and oxygen atoms in total. The van der Waals surface area contributed by atoms with E-state index >= 15 is 0 Å². The van der Waals surface area contributed by atoms with Gasteiger partial charge in [-0.25, -0.2) is 4.39 Å². The van der Waals surface area contributed by atoms with E-state index in [-0.39, 0.29) is 16.1 Å². The first-order valence-electron chi connectivity index (χ1n) is 5.53. The molecule has 1 unspecified atom stereocenters. The highest BCUT2D eigenvalue weighted by molar-refractivity contribution is 7.15. The largest absolute Gasteiger partial charge is 0.323 e. The van der Waals surface area contributed by atoms with Gasteiger partial charge in [-0.2, -0.15) is 0 Å². The Kier molecular flexibility index (Phi) is 4.28. The minimum Gasteiger partial charge on any atom is -0.323 e. The van der Waals surface area contributed by atoms with E-state index in [0.717, 1.165) is 21.7 Å². The highest BCUT2D eigenvalue weighted by atomic mass is 35.5. The molecule has 0 saturated heterocycles. The summed E-state index contributed by atoms with van der Waals surface area (Å²) in [4.78, 5) is 2.08. The van der Waals surface area contributed by atoms with E-state index in [0.29, 0.717) is 0 Å². The zero-order valence-corrected chi connectivity index (χ0v) is 12.0. The van der Waals surface area contributed by atoms with Gasteiger partial charge >= 0.3 is 0 Å². The van der Waals surface area contributed by atoms with E-state index in [1.165, 1.54) is 0 Å². The molecule has 0 fully saturated rings. The minimum absolute atomic E-state index is 0.0345. The third kappa shape index (κ3) is 2.69. The average Bonchev–Trinajstić information content (AvgIpc) is 2.84. The molecular weight excluding hydrogens is 292 g/mol. The van der Waals surface area contributed by atoms with Crippen LogP contribution in [0.4, 0.5) is 4.39 Å². The number of rotatable bonds is 3. The van der Waals surface area contributed by atoms with Crippen molar-refractivity contribution in [2.24, 2.45) is 5.73 Å². The molecule has 0 radical (unpaired) electrons. The van der Waals surface area contributed by atoms with Crippen LogP contribution < -0.4 is 5.73 Å². The van der Waals surface area contributed by atoms with Crippen LogP contribution in [0.5, 0.6) is 0 Å². The van der Waals surface area contributed by atoms with E-state index in [1.807, 2.05) is 19.1 Å². The first kappa shape index (κ1) is 13.8. The number of halogens is 3. The molecule has 0 amide bonds. The average molecular weight is 304 g/mol. The molecule has 0 saturated carbocycles. The molecule has 2 aromatic rings. The molecule has 0 bridgehead atoms. The Labute approximate surface area is 119 Å². The highest BCUT2D eigenvalue weighted by Gasteiger charge is 2.12. The molecule has 1 aromatic heterocycles. The van der Waals surface area contributed by atoms with Crippen LogP contribution >= 0.6 is 34.5 Å². The summed E-state index contributed by atoms with van der Waals surface area (Å²) in [5, 5.41) is 0.0690. The number of hydrogen-bond donors (Lipinski definition) is 1. The third-order valence-electron chi connectivity index (χ3n) is 2.70. The normalized spacial score (nSPS) is 12.7. The summed E-state index contributed by atoms with van der Waals surface area (Å²) in [6, 6.07) is 7.13. The molecular formula is C13H12Cl2FNS. The van der Waals surface area contributed by atoms with Gasteiger partial charge < -0.3 is 5.73 Å². The Bertz CT molecular complexity index is 545. The lowest BCUT2D eigenvalue weighted by Gasteiger charge is -2.05. The number of thiophene rings is 1. The van der Waals surface area contributed by atoms with Crippen molar-refractivity contribution < 1.29 is 4.39 Å². The Balaban J connectivity index is 2.40. The van der Waals surface area contributed by atoms with Crippen LogP contribution in [-0.2, 0) is 0 Å². The van der Waals surface area contributed by atoms with Crippen molar-refractivity contribution in [2.75, 3.05) is 0 Å². The highest BCUT2D eigenvalue weighted by Crippen LogP contribution is 2.35. The zero-order chi connectivity index (χ0) is 13.3. The van der Waals surface area contributed by atoms with Gasteiger partial charge in [0.15, 0.2) is 5.82 Å². The lowest BCUT2D eigenvalue weighted by Crippen LogP contribution is -2.05. The van der Waals surface area contributed by atoms with Gasteiger partial charge in [-0.3, -0.25) is 0 Å². The summed E-state index contributed by atoms with van der Waals surface area (Å²) in [6.45, 7) is 2.04. The van der Waals surface area contributed by atoms with Crippen LogP contribution in [-0.4, -0.2) is 0 Å². The summed E-state index contributed by atoms with van der Waals surface area (Å²) in [5.74, 6) is -0.580. The first-order valence-corrected chi connectivity index (χ1v) is 7.10. The fraction of sp³-hybridized carbons (Fsp3) is 0.231. The van der Waals surface area contributed by atoms with Gasteiger partial charge in [0.1, 0.15) is 0 Å². The molecule has 0 aliphatic rings. The van der Waals surface area contributed by atoms with Crippen molar-refractivity contribution in [3.05, 3.63) is 45.0 Å². The lowest BCUT2D eigenvalue weighted by atomic mass is 10.1. The maximum absolute atomic E-state index is 13.3. The van der Waals surface area contributed by atoms with E-state index in [2.05, 4.69) is 0 Å². The number of benzene rings is 1. The molecule has 2 N–H and O–H groups in total. The second kappa shape index (κ2) is 5.57. The van der Waals surface area contributed by atoms with E-state index < -0.39 is 5.82 Å². The second-order valence-electron chi connectivity index (χ2n) is 3.97. The number of nitrogens with two attached hydrogens (primary N) is 1. The van der Waals surface area contributed by atoms with E-state index in [4.69, 9.17) is 28.9 Å². The van der Waals surface area contributed by atoms with Crippen LogP contribution in [0.3, 0.4) is 0 Å². The van der Waals surface area contributed by atoms with Crippen molar-refractivity contribution in [2.45, 2.75) is 19.4 Å². The Morgan fingerprint density at radius 3 is 2.44 bits per heavy atom. The maximum Gasteiger partial charge on any atom is 0.160 e. The van der Waals surface area contributed by atoms with Crippen LogP contribution in [0.2, 0.25) is 10.0 Å². The fourth-order valence-corrected chi connectivity index (χ4v) is 3.17. The SMILES string of the molecule is CCC(N)c1ccc(-c2cc(Cl)c(F)c(Cl)c2)s1. The topological polar surface area (TPSA) is 26.0 Å². The van der Waals surface area contributed by atoms with E-state index in [9.17, 15) is 4.39 Å². The zero-order valence-electron chi connectivity index (χ0n) is 9.71. The van der Waals surface area contributed by atoms with Crippen LogP contribution in [0.15, 0.2) is 24.3 Å². The molecule has 1 aromatic carbocycles. The van der Waals surface area contributed by atoms with Gasteiger partial charge in [0.05, 0.1) is 10.0 Å². The minimum atomic E-state index is -0.580. The predicted molar refractivity (Wildman–Crippen MR) is 77.0 cm³/mol. The lowest BCUT2D eigenvalue weighted by molar-refractivity contribution is 0.629. The molecule has 0 aliphatic carbocycles. The Morgan fingerprint density at radius 1 is 1.28 bits per heavy atom. The van der Waals surface area contributed by atoms with Crippen LogP contribution in [0, 0.1) is 5.82 Å². The van der Waals surface area contributed by atoms with Crippen molar-refractivity contribution >= 4 is 34.5 Å². The molecule has 1 heterocycles. The van der Waals surface area contributed by atoms with Crippen LogP contribution in [0.1, 0.15) is 24.3 Å². The van der Waals surface area contributed by atoms with Gasteiger partial charge in [0.25, 0.3) is 0 Å². The molecule has 96 valence electrons. The van der Waals surface area contributed by atoms with Crippen molar-refractivity contribution in [3.63, 3.8) is 0 Å². The standard InChI is InChI=1S/C13H12Cl2FNS/c1-2-10(17)12-4-3-11(18-12)7-5-8(14)13(16)9(15)6-7/h3-6,10H,2,17H2,1H3. The molecule has 5 heteroatoms. The molecule has 0 spiro atoms. The molecule has 2 rings (SSSR count). The summed E-state index contributed by atoms with van der Waals surface area (Å²) < 4.78 is 13.3. The van der Waals surface area contributed by atoms with Crippen molar-refractivity contribution in [1.29, 1.82) is 0 Å². The van der Waals surface area contributed by atoms with Gasteiger partial charge in [-0.1, -0.05) is 30.1 Å². The smallest absolute Gasteiger partial charge is 0.160 e. The quantitative estimate of drug-likeness (QED) is 0.768. The fourth-order valence-electron chi connectivity index (χ4n) is 1.61. The van der Waals surface area contributed by atoms with Crippen molar-refractivity contribution in [1.82, 2.24) is 0 Å². The Hall–Kier alpha value is -0.610. The van der Waals surface area contributed by atoms with Gasteiger partial charge in [0.2, 0.25) is 0 Å². The van der Waals surface area contributed by atoms with Gasteiger partial charge in [-0.05, 0) is 36.2 Å². The monoisotopic (exact) mass is 303 g/mol. The summed E-state index contributed by atoms with van der Waals surface area (Å²) >= 11 is 13.1. The molecule has 1 atom stereocenters. The molecule has 18 heavy (non-hydrogen) atoms. The van der Waals surface area contributed by atoms with Crippen LogP contribution in [0.25, 0.3) is 10.4 Å². The van der Waals surface area contributed by atoms with E-state index in [1.54, 1.807) is 23.5 Å². The van der Waals surface area contributed by atoms with Crippen molar-refractivity contribution in [3.8, 4) is 10.4 Å². The molecule has 0 aliphatic heterocycles.